The van der Waals surface area contributed by atoms with Crippen LogP contribution in [-0.4, -0.2) is 20.2 Å². The van der Waals surface area contributed by atoms with Crippen molar-refractivity contribution in [2.45, 2.75) is 10.2 Å². The lowest BCUT2D eigenvalue weighted by Gasteiger charge is -2.01. The highest BCUT2D eigenvalue weighted by Crippen LogP contribution is 2.28. The number of nitrogen functional groups attached to an aromatic ring is 1. The molecular weight excluding hydrogens is 222 g/mol. The van der Waals surface area contributed by atoms with E-state index in [-0.39, 0.29) is 0 Å². The first-order valence-electron chi connectivity index (χ1n) is 3.70. The summed E-state index contributed by atoms with van der Waals surface area (Å²) in [4.78, 5) is 8.01. The van der Waals surface area contributed by atoms with Crippen LogP contribution in [0.5, 0.6) is 0 Å². The van der Waals surface area contributed by atoms with Crippen LogP contribution in [0.2, 0.25) is 5.02 Å². The Morgan fingerprint density at radius 2 is 2.29 bits per heavy atom. The number of pyridine rings is 1. The molecule has 0 saturated carbocycles. The van der Waals surface area contributed by atoms with E-state index in [1.54, 1.807) is 6.07 Å². The summed E-state index contributed by atoms with van der Waals surface area (Å²) in [6, 6.07) is 1.65. The van der Waals surface area contributed by atoms with Crippen LogP contribution in [0.4, 0.5) is 5.69 Å². The van der Waals surface area contributed by atoms with Gasteiger partial charge >= 0.3 is 0 Å². The van der Waals surface area contributed by atoms with E-state index in [2.05, 4.69) is 20.2 Å². The van der Waals surface area contributed by atoms with Crippen molar-refractivity contribution in [3.8, 4) is 0 Å². The van der Waals surface area contributed by atoms with Gasteiger partial charge in [-0.15, -0.1) is 0 Å². The maximum absolute atomic E-state index is 5.71. The predicted octanol–water partition coefficient (Wildman–Crippen LogP) is 1.59. The van der Waals surface area contributed by atoms with Gasteiger partial charge in [0.2, 0.25) is 0 Å². The number of aromatic amines is 1. The topological polar surface area (TPSA) is 80.5 Å². The molecule has 0 aliphatic carbocycles. The highest BCUT2D eigenvalue weighted by atomic mass is 35.5. The second-order valence-electron chi connectivity index (χ2n) is 2.44. The first-order chi connectivity index (χ1) is 6.75. The van der Waals surface area contributed by atoms with Crippen LogP contribution < -0.4 is 5.73 Å². The Balaban J connectivity index is 2.25. The first-order valence-corrected chi connectivity index (χ1v) is 4.89. The number of hydrogen-bond donors (Lipinski definition) is 2. The minimum absolute atomic E-state index is 0.518. The highest BCUT2D eigenvalue weighted by molar-refractivity contribution is 7.99. The van der Waals surface area contributed by atoms with E-state index in [4.69, 9.17) is 17.3 Å². The molecule has 2 aromatic rings. The fourth-order valence-electron chi connectivity index (χ4n) is 0.863. The molecule has 0 atom stereocenters. The summed E-state index contributed by atoms with van der Waals surface area (Å²) < 4.78 is 0. The SMILES string of the molecule is Nc1cc(Cl)cnc1Sc1ncn[nH]1. The summed E-state index contributed by atoms with van der Waals surface area (Å²) in [5.74, 6) is 0. The lowest BCUT2D eigenvalue weighted by atomic mass is 10.4. The Morgan fingerprint density at radius 1 is 1.43 bits per heavy atom. The van der Waals surface area contributed by atoms with E-state index in [9.17, 15) is 0 Å². The summed E-state index contributed by atoms with van der Waals surface area (Å²) in [6.07, 6.45) is 2.96. The number of H-pyrrole nitrogens is 1. The average Bonchev–Trinajstić information content (AvgIpc) is 2.62. The van der Waals surface area contributed by atoms with Crippen LogP contribution >= 0.6 is 23.4 Å². The maximum Gasteiger partial charge on any atom is 0.189 e. The highest BCUT2D eigenvalue weighted by Gasteiger charge is 2.05. The summed E-state index contributed by atoms with van der Waals surface area (Å²) in [5, 5.41) is 8.24. The van der Waals surface area contributed by atoms with Gasteiger partial charge in [0.25, 0.3) is 0 Å². The van der Waals surface area contributed by atoms with E-state index in [1.165, 1.54) is 24.3 Å². The summed E-state index contributed by atoms with van der Waals surface area (Å²) in [7, 11) is 0. The van der Waals surface area contributed by atoms with Gasteiger partial charge < -0.3 is 5.73 Å². The molecule has 0 aliphatic heterocycles. The monoisotopic (exact) mass is 227 g/mol. The third kappa shape index (κ3) is 1.97. The zero-order valence-corrected chi connectivity index (χ0v) is 8.51. The average molecular weight is 228 g/mol. The third-order valence-electron chi connectivity index (χ3n) is 1.43. The Morgan fingerprint density at radius 3 is 2.93 bits per heavy atom. The van der Waals surface area contributed by atoms with Crippen LogP contribution in [0.1, 0.15) is 0 Å². The van der Waals surface area contributed by atoms with Gasteiger partial charge in [-0.05, 0) is 17.8 Å². The Labute approximate surface area is 89.1 Å². The minimum atomic E-state index is 0.518. The zero-order valence-electron chi connectivity index (χ0n) is 6.94. The van der Waals surface area contributed by atoms with Gasteiger partial charge in [0.15, 0.2) is 5.16 Å². The molecule has 0 aliphatic rings. The molecule has 2 heterocycles. The minimum Gasteiger partial charge on any atom is -0.396 e. The first kappa shape index (κ1) is 9.29. The second-order valence-corrected chi connectivity index (χ2v) is 3.85. The molecule has 2 aromatic heterocycles. The van der Waals surface area contributed by atoms with Crippen molar-refractivity contribution in [1.82, 2.24) is 20.2 Å². The van der Waals surface area contributed by atoms with Gasteiger partial charge in [-0.3, -0.25) is 5.10 Å². The lowest BCUT2D eigenvalue weighted by molar-refractivity contribution is 0.968. The largest absolute Gasteiger partial charge is 0.396 e. The van der Waals surface area contributed by atoms with Crippen molar-refractivity contribution >= 4 is 29.1 Å². The molecule has 72 valence electrons. The Hall–Kier alpha value is -1.27. The molecule has 7 heteroatoms. The number of hydrogen-bond acceptors (Lipinski definition) is 5. The number of rotatable bonds is 2. The fraction of sp³-hybridized carbons (Fsp3) is 0. The van der Waals surface area contributed by atoms with Crippen molar-refractivity contribution < 1.29 is 0 Å². The van der Waals surface area contributed by atoms with Crippen LogP contribution in [0.15, 0.2) is 28.8 Å². The van der Waals surface area contributed by atoms with Gasteiger partial charge in [0.05, 0.1) is 10.7 Å². The number of nitrogens with two attached hydrogens (primary N) is 1. The predicted molar refractivity (Wildman–Crippen MR) is 54.2 cm³/mol. The Kier molecular flexibility index (Phi) is 2.55. The molecule has 0 saturated heterocycles. The number of nitrogens with one attached hydrogen (secondary N) is 1. The quantitative estimate of drug-likeness (QED) is 0.814. The number of anilines is 1. The molecule has 0 amide bonds. The maximum atomic E-state index is 5.71. The number of nitrogens with zero attached hydrogens (tertiary/aromatic N) is 3. The zero-order chi connectivity index (χ0) is 9.97. The standard InChI is InChI=1S/C7H6ClN5S/c8-4-1-5(9)6(10-2-4)14-7-11-3-12-13-7/h1-3H,9H2,(H,11,12,13). The van der Waals surface area contributed by atoms with Gasteiger partial charge in [-0.25, -0.2) is 9.97 Å². The van der Waals surface area contributed by atoms with Gasteiger partial charge in [-0.1, -0.05) is 11.6 Å². The molecule has 3 N–H and O–H groups in total. The molecule has 0 bridgehead atoms. The molecule has 0 fully saturated rings. The van der Waals surface area contributed by atoms with E-state index in [1.807, 2.05) is 0 Å². The van der Waals surface area contributed by atoms with Crippen molar-refractivity contribution in [2.24, 2.45) is 0 Å². The van der Waals surface area contributed by atoms with E-state index in [0.717, 1.165) is 0 Å². The molecule has 5 nitrogen and oxygen atoms in total. The van der Waals surface area contributed by atoms with Gasteiger partial charge in [-0.2, -0.15) is 5.10 Å². The van der Waals surface area contributed by atoms with Crippen LogP contribution in [0.3, 0.4) is 0 Å². The third-order valence-corrected chi connectivity index (χ3v) is 2.56. The van der Waals surface area contributed by atoms with Crippen molar-refractivity contribution in [3.05, 3.63) is 23.6 Å². The fourth-order valence-corrected chi connectivity index (χ4v) is 1.69. The van der Waals surface area contributed by atoms with Crippen LogP contribution in [-0.2, 0) is 0 Å². The lowest BCUT2D eigenvalue weighted by Crippen LogP contribution is -1.91. The molecule has 14 heavy (non-hydrogen) atoms. The number of halogens is 1. The van der Waals surface area contributed by atoms with Crippen molar-refractivity contribution in [2.75, 3.05) is 5.73 Å². The van der Waals surface area contributed by atoms with Gasteiger partial charge in [0, 0.05) is 6.20 Å². The van der Waals surface area contributed by atoms with E-state index in [0.29, 0.717) is 20.9 Å². The molecule has 2 rings (SSSR count). The normalized spacial score (nSPS) is 10.4. The summed E-state index contributed by atoms with van der Waals surface area (Å²) >= 11 is 7.02. The van der Waals surface area contributed by atoms with Crippen LogP contribution in [0, 0.1) is 0 Å². The summed E-state index contributed by atoms with van der Waals surface area (Å²) in [5.41, 5.74) is 6.23. The second kappa shape index (κ2) is 3.85. The molecule has 0 aromatic carbocycles. The molecule has 0 unspecified atom stereocenters. The van der Waals surface area contributed by atoms with Gasteiger partial charge in [0.1, 0.15) is 11.4 Å². The summed E-state index contributed by atoms with van der Waals surface area (Å²) in [6.45, 7) is 0. The smallest absolute Gasteiger partial charge is 0.189 e. The Bertz CT molecular complexity index is 430. The van der Waals surface area contributed by atoms with E-state index >= 15 is 0 Å². The molecule has 0 spiro atoms. The number of aromatic nitrogens is 4. The molecule has 0 radical (unpaired) electrons. The van der Waals surface area contributed by atoms with Crippen molar-refractivity contribution in [1.29, 1.82) is 0 Å². The van der Waals surface area contributed by atoms with Crippen molar-refractivity contribution in [3.63, 3.8) is 0 Å². The van der Waals surface area contributed by atoms with E-state index < -0.39 is 0 Å². The van der Waals surface area contributed by atoms with Crippen LogP contribution in [0.25, 0.3) is 0 Å². The molecular formula is C7H6ClN5S.